The van der Waals surface area contributed by atoms with Crippen LogP contribution in [0.1, 0.15) is 5.56 Å². The molecule has 122 valence electrons. The summed E-state index contributed by atoms with van der Waals surface area (Å²) in [7, 11) is 0. The maximum Gasteiger partial charge on any atom is 0.161 e. The largest absolute Gasteiger partial charge is 0.486 e. The molecule has 0 amide bonds. The van der Waals surface area contributed by atoms with Crippen LogP contribution in [0, 0.1) is 0 Å². The van der Waals surface area contributed by atoms with Gasteiger partial charge in [0.05, 0.1) is 11.9 Å². The fourth-order valence-corrected chi connectivity index (χ4v) is 2.74. The molecule has 2 N–H and O–H groups in total. The van der Waals surface area contributed by atoms with Crippen LogP contribution in [0.5, 0.6) is 11.5 Å². The van der Waals surface area contributed by atoms with Gasteiger partial charge < -0.3 is 14.8 Å². The Morgan fingerprint density at radius 1 is 1.12 bits per heavy atom. The van der Waals surface area contributed by atoms with E-state index in [1.54, 1.807) is 6.20 Å². The minimum Gasteiger partial charge on any atom is -0.486 e. The summed E-state index contributed by atoms with van der Waals surface area (Å²) in [6, 6.07) is 11.7. The number of ether oxygens (including phenoxy) is 2. The molecule has 0 fully saturated rings. The smallest absolute Gasteiger partial charge is 0.161 e. The molecule has 1 aliphatic heterocycles. The van der Waals surface area contributed by atoms with Crippen LogP contribution in [-0.2, 0) is 6.54 Å². The van der Waals surface area contributed by atoms with E-state index in [0.717, 1.165) is 28.3 Å². The number of pyridine rings is 1. The average Bonchev–Trinajstić information content (AvgIpc) is 3.11. The summed E-state index contributed by atoms with van der Waals surface area (Å²) in [4.78, 5) is 4.15. The molecule has 0 aliphatic carbocycles. The Kier molecular flexibility index (Phi) is 4.12. The number of hydrogen-bond acceptors (Lipinski definition) is 5. The number of fused-ring (bicyclic) bond motifs is 1. The monoisotopic (exact) mass is 322 g/mol. The lowest BCUT2D eigenvalue weighted by Crippen LogP contribution is -2.38. The third kappa shape index (κ3) is 3.09. The zero-order valence-electron chi connectivity index (χ0n) is 13.1. The van der Waals surface area contributed by atoms with Gasteiger partial charge >= 0.3 is 0 Å². The summed E-state index contributed by atoms with van der Waals surface area (Å²) < 4.78 is 11.7. The van der Waals surface area contributed by atoms with E-state index >= 15 is 0 Å². The summed E-state index contributed by atoms with van der Waals surface area (Å²) >= 11 is 0. The fourth-order valence-electron chi connectivity index (χ4n) is 2.74. The van der Waals surface area contributed by atoms with E-state index in [0.29, 0.717) is 19.7 Å². The molecular weight excluding hydrogens is 304 g/mol. The van der Waals surface area contributed by atoms with Crippen molar-refractivity contribution in [1.82, 2.24) is 20.5 Å². The summed E-state index contributed by atoms with van der Waals surface area (Å²) in [6.45, 7) is 1.94. The first-order valence-electron chi connectivity index (χ1n) is 7.92. The fraction of sp³-hybridized carbons (Fsp3) is 0.222. The third-order valence-corrected chi connectivity index (χ3v) is 3.92. The molecule has 2 aromatic heterocycles. The van der Waals surface area contributed by atoms with Crippen LogP contribution >= 0.6 is 0 Å². The Morgan fingerprint density at radius 3 is 2.92 bits per heavy atom. The number of aromatic nitrogens is 3. The second-order valence-corrected chi connectivity index (χ2v) is 5.64. The van der Waals surface area contributed by atoms with Crippen molar-refractivity contribution in [2.45, 2.75) is 12.6 Å². The van der Waals surface area contributed by atoms with Gasteiger partial charge in [0.15, 0.2) is 11.5 Å². The number of hydrogen-bond donors (Lipinski definition) is 2. The van der Waals surface area contributed by atoms with E-state index in [4.69, 9.17) is 9.47 Å². The van der Waals surface area contributed by atoms with E-state index in [1.807, 2.05) is 48.8 Å². The van der Waals surface area contributed by atoms with Crippen LogP contribution in [0.3, 0.4) is 0 Å². The highest BCUT2D eigenvalue weighted by molar-refractivity contribution is 5.61. The molecule has 3 aromatic rings. The van der Waals surface area contributed by atoms with Crippen LogP contribution < -0.4 is 14.8 Å². The molecule has 6 nitrogen and oxygen atoms in total. The lowest BCUT2D eigenvalue weighted by molar-refractivity contribution is 0.0902. The molecular formula is C18H18N4O2. The second kappa shape index (κ2) is 6.72. The van der Waals surface area contributed by atoms with Crippen molar-refractivity contribution in [1.29, 1.82) is 0 Å². The number of rotatable bonds is 5. The summed E-state index contributed by atoms with van der Waals surface area (Å²) in [6.07, 6.45) is 5.42. The minimum atomic E-state index is -0.00589. The Balaban J connectivity index is 1.35. The van der Waals surface area contributed by atoms with Gasteiger partial charge in [-0.05, 0) is 24.3 Å². The lowest BCUT2D eigenvalue weighted by atomic mass is 10.1. The molecule has 0 saturated heterocycles. The molecule has 1 aliphatic rings. The van der Waals surface area contributed by atoms with Gasteiger partial charge in [-0.2, -0.15) is 5.10 Å². The van der Waals surface area contributed by atoms with Crippen molar-refractivity contribution in [3.8, 4) is 22.8 Å². The minimum absolute atomic E-state index is 0.00589. The number of benzene rings is 1. The van der Waals surface area contributed by atoms with Crippen LogP contribution in [0.25, 0.3) is 11.3 Å². The summed E-state index contributed by atoms with van der Waals surface area (Å²) in [5.74, 6) is 1.61. The van der Waals surface area contributed by atoms with E-state index in [9.17, 15) is 0 Å². The van der Waals surface area contributed by atoms with Crippen molar-refractivity contribution in [2.24, 2.45) is 0 Å². The molecule has 0 bridgehead atoms. The topological polar surface area (TPSA) is 72.1 Å². The highest BCUT2D eigenvalue weighted by atomic mass is 16.6. The Bertz CT molecular complexity index is 804. The van der Waals surface area contributed by atoms with Crippen molar-refractivity contribution in [3.63, 3.8) is 0 Å². The molecule has 1 aromatic carbocycles. The molecule has 0 saturated carbocycles. The van der Waals surface area contributed by atoms with E-state index in [2.05, 4.69) is 20.5 Å². The Hall–Kier alpha value is -2.86. The predicted molar refractivity (Wildman–Crippen MR) is 89.9 cm³/mol. The van der Waals surface area contributed by atoms with Crippen LogP contribution in [0.15, 0.2) is 55.0 Å². The summed E-state index contributed by atoms with van der Waals surface area (Å²) in [5, 5.41) is 10.6. The first-order valence-corrected chi connectivity index (χ1v) is 7.92. The standard InChI is InChI=1S/C18H18N4O2/c1-2-6-17-16(5-1)23-12-15(24-17)11-20-9-14-10-21-22-18(14)13-4-3-7-19-8-13/h1-8,10,15,20H,9,11-12H2,(H,21,22)/t15-/m0/s1. The van der Waals surface area contributed by atoms with Gasteiger partial charge in [-0.1, -0.05) is 12.1 Å². The zero-order valence-corrected chi connectivity index (χ0v) is 13.1. The third-order valence-electron chi connectivity index (χ3n) is 3.92. The highest BCUT2D eigenvalue weighted by Gasteiger charge is 2.20. The van der Waals surface area contributed by atoms with Gasteiger partial charge in [0, 0.05) is 36.6 Å². The zero-order chi connectivity index (χ0) is 16.2. The number of H-pyrrole nitrogens is 1. The number of nitrogens with one attached hydrogen (secondary N) is 2. The van der Waals surface area contributed by atoms with Crippen LogP contribution in [-0.4, -0.2) is 34.4 Å². The first kappa shape index (κ1) is 14.7. The highest BCUT2D eigenvalue weighted by Crippen LogP contribution is 2.30. The average molecular weight is 322 g/mol. The Labute approximate surface area is 139 Å². The second-order valence-electron chi connectivity index (χ2n) is 5.64. The molecule has 6 heteroatoms. The van der Waals surface area contributed by atoms with Gasteiger partial charge in [-0.15, -0.1) is 0 Å². The number of nitrogens with zero attached hydrogens (tertiary/aromatic N) is 2. The van der Waals surface area contributed by atoms with Gasteiger partial charge in [0.25, 0.3) is 0 Å². The molecule has 0 radical (unpaired) electrons. The first-order chi connectivity index (χ1) is 11.9. The normalized spacial score (nSPS) is 16.1. The van der Waals surface area contributed by atoms with Crippen molar-refractivity contribution in [3.05, 3.63) is 60.6 Å². The van der Waals surface area contributed by atoms with Gasteiger partial charge in [0.2, 0.25) is 0 Å². The molecule has 1 atom stereocenters. The van der Waals surface area contributed by atoms with Crippen molar-refractivity contribution in [2.75, 3.05) is 13.2 Å². The molecule has 0 spiro atoms. The van der Waals surface area contributed by atoms with E-state index in [1.165, 1.54) is 0 Å². The summed E-state index contributed by atoms with van der Waals surface area (Å²) in [5.41, 5.74) is 3.11. The van der Waals surface area contributed by atoms with Crippen LogP contribution in [0.4, 0.5) is 0 Å². The van der Waals surface area contributed by atoms with Crippen LogP contribution in [0.2, 0.25) is 0 Å². The molecule has 0 unspecified atom stereocenters. The maximum absolute atomic E-state index is 5.95. The lowest BCUT2D eigenvalue weighted by Gasteiger charge is -2.26. The SMILES string of the molecule is c1cncc(-c2[nH]ncc2CNC[C@H]2COc3ccccc3O2)c1. The molecule has 24 heavy (non-hydrogen) atoms. The van der Waals surface area contributed by atoms with Gasteiger partial charge in [0.1, 0.15) is 12.7 Å². The van der Waals surface area contributed by atoms with E-state index < -0.39 is 0 Å². The quantitative estimate of drug-likeness (QED) is 0.755. The number of para-hydroxylation sites is 2. The predicted octanol–water partition coefficient (Wildman–Crippen LogP) is 2.40. The Morgan fingerprint density at radius 2 is 2.04 bits per heavy atom. The van der Waals surface area contributed by atoms with Crippen molar-refractivity contribution >= 4 is 0 Å². The molecule has 3 heterocycles. The van der Waals surface area contributed by atoms with Gasteiger partial charge in [-0.3, -0.25) is 10.1 Å². The van der Waals surface area contributed by atoms with Gasteiger partial charge in [-0.25, -0.2) is 0 Å². The molecule has 4 rings (SSSR count). The number of aromatic amines is 1. The van der Waals surface area contributed by atoms with E-state index in [-0.39, 0.29) is 6.10 Å². The van der Waals surface area contributed by atoms with Crippen molar-refractivity contribution < 1.29 is 9.47 Å². The maximum atomic E-state index is 5.95.